The zero-order valence-corrected chi connectivity index (χ0v) is 8.61. The molecule has 0 atom stereocenters. The highest BCUT2D eigenvalue weighted by molar-refractivity contribution is 8.03. The molecule has 0 aromatic heterocycles. The minimum absolute atomic E-state index is 0.0996. The maximum Gasteiger partial charge on any atom is 0.269 e. The highest BCUT2D eigenvalue weighted by Gasteiger charge is 2.13. The Bertz CT molecular complexity index is 416. The first-order valence-corrected chi connectivity index (χ1v) is 5.26. The Morgan fingerprint density at radius 3 is 2.53 bits per heavy atom. The zero-order valence-electron chi connectivity index (χ0n) is 7.79. The van der Waals surface area contributed by atoms with Gasteiger partial charge in [-0.2, -0.15) is 0 Å². The number of rotatable bonds is 2. The van der Waals surface area contributed by atoms with Crippen molar-refractivity contribution >= 4 is 23.1 Å². The fraction of sp³-hybridized carbons (Fsp3) is 0.111. The van der Waals surface area contributed by atoms with Gasteiger partial charge >= 0.3 is 0 Å². The lowest BCUT2D eigenvalue weighted by Gasteiger charge is -2.13. The number of nitrogens with two attached hydrogens (primary N) is 1. The van der Waals surface area contributed by atoms with Gasteiger partial charge in [0.2, 0.25) is 0 Å². The topological polar surface area (TPSA) is 72.4 Å². The van der Waals surface area contributed by atoms with Crippen LogP contribution in [0.25, 0.3) is 0 Å². The van der Waals surface area contributed by atoms with E-state index >= 15 is 0 Å². The third-order valence-corrected chi connectivity index (χ3v) is 2.89. The average Bonchev–Trinajstić information content (AvgIpc) is 2.65. The molecule has 0 saturated carbocycles. The number of nitro benzene ring substituents is 1. The number of hydrogen-bond donors (Lipinski definition) is 1. The minimum atomic E-state index is -0.410. The quantitative estimate of drug-likeness (QED) is 0.612. The smallest absolute Gasteiger partial charge is 0.269 e. The number of non-ortho nitro benzene ring substituents is 1. The van der Waals surface area contributed by atoms with Gasteiger partial charge in [-0.15, -0.1) is 0 Å². The Hall–Kier alpha value is -1.69. The lowest BCUT2D eigenvalue weighted by Crippen LogP contribution is -2.10. The van der Waals surface area contributed by atoms with Crippen LogP contribution >= 0.6 is 11.8 Å². The van der Waals surface area contributed by atoms with Crippen LogP contribution in [0.15, 0.2) is 35.5 Å². The lowest BCUT2D eigenvalue weighted by atomic mass is 10.3. The van der Waals surface area contributed by atoms with Crippen molar-refractivity contribution in [3.05, 3.63) is 45.6 Å². The maximum atomic E-state index is 10.4. The van der Waals surface area contributed by atoms with E-state index in [1.165, 1.54) is 12.1 Å². The number of benzene rings is 1. The van der Waals surface area contributed by atoms with E-state index < -0.39 is 4.92 Å². The molecular formula is C9H9N3O2S. The van der Waals surface area contributed by atoms with Crippen molar-refractivity contribution in [1.82, 2.24) is 0 Å². The maximum absolute atomic E-state index is 10.4. The van der Waals surface area contributed by atoms with E-state index in [2.05, 4.69) is 0 Å². The van der Waals surface area contributed by atoms with Gasteiger partial charge in [0.25, 0.3) is 5.69 Å². The molecule has 6 heteroatoms. The van der Waals surface area contributed by atoms with Crippen LogP contribution in [-0.4, -0.2) is 10.8 Å². The van der Waals surface area contributed by atoms with Crippen molar-refractivity contribution in [3.8, 4) is 0 Å². The molecule has 0 unspecified atom stereocenters. The Morgan fingerprint density at radius 1 is 1.40 bits per heavy atom. The van der Waals surface area contributed by atoms with E-state index in [1.54, 1.807) is 23.9 Å². The summed E-state index contributed by atoms with van der Waals surface area (Å²) in [4.78, 5) is 12.0. The third kappa shape index (κ3) is 2.04. The molecule has 1 aliphatic heterocycles. The van der Waals surface area contributed by atoms with Crippen LogP contribution in [0, 0.1) is 10.1 Å². The van der Waals surface area contributed by atoms with Gasteiger partial charge in [-0.1, -0.05) is 11.8 Å². The fourth-order valence-electron chi connectivity index (χ4n) is 1.29. The van der Waals surface area contributed by atoms with Gasteiger partial charge in [0, 0.05) is 24.0 Å². The molecule has 2 N–H and O–H groups in total. The summed E-state index contributed by atoms with van der Waals surface area (Å²) in [6, 6.07) is 6.41. The van der Waals surface area contributed by atoms with Crippen LogP contribution < -0.4 is 10.6 Å². The minimum Gasteiger partial charge on any atom is -0.392 e. The van der Waals surface area contributed by atoms with Crippen LogP contribution in [0.2, 0.25) is 0 Å². The number of nitro groups is 1. The summed E-state index contributed by atoms with van der Waals surface area (Å²) in [6.07, 6.45) is 1.83. The Kier molecular flexibility index (Phi) is 2.51. The van der Waals surface area contributed by atoms with Gasteiger partial charge in [-0.3, -0.25) is 10.1 Å². The van der Waals surface area contributed by atoms with E-state index in [0.717, 1.165) is 16.6 Å². The van der Waals surface area contributed by atoms with Crippen molar-refractivity contribution in [2.45, 2.75) is 0 Å². The molecule has 1 heterocycles. The number of nitrogens with zero attached hydrogens (tertiary/aromatic N) is 2. The zero-order chi connectivity index (χ0) is 10.8. The molecule has 0 radical (unpaired) electrons. The molecule has 0 aliphatic carbocycles. The summed E-state index contributed by atoms with van der Waals surface area (Å²) < 4.78 is 0. The van der Waals surface area contributed by atoms with Gasteiger partial charge in [-0.25, -0.2) is 0 Å². The molecule has 1 aliphatic rings. The molecule has 0 saturated heterocycles. The van der Waals surface area contributed by atoms with Crippen LogP contribution in [0.4, 0.5) is 11.4 Å². The Morgan fingerprint density at radius 2 is 2.07 bits per heavy atom. The second-order valence-corrected chi connectivity index (χ2v) is 4.07. The molecule has 0 spiro atoms. The predicted molar refractivity (Wildman–Crippen MR) is 60.3 cm³/mol. The Balaban J connectivity index is 2.21. The van der Waals surface area contributed by atoms with E-state index in [4.69, 9.17) is 5.73 Å². The summed E-state index contributed by atoms with van der Waals surface area (Å²) in [6.45, 7) is 0. The van der Waals surface area contributed by atoms with Crippen molar-refractivity contribution in [2.24, 2.45) is 5.73 Å². The van der Waals surface area contributed by atoms with Crippen LogP contribution in [0.3, 0.4) is 0 Å². The number of thioether (sulfide) groups is 1. The van der Waals surface area contributed by atoms with Crippen LogP contribution in [0.1, 0.15) is 0 Å². The van der Waals surface area contributed by atoms with E-state index in [1.807, 2.05) is 11.1 Å². The van der Waals surface area contributed by atoms with Gasteiger partial charge in [-0.05, 0) is 12.1 Å². The van der Waals surface area contributed by atoms with Gasteiger partial charge in [0.1, 0.15) is 0 Å². The monoisotopic (exact) mass is 223 g/mol. The van der Waals surface area contributed by atoms with E-state index in [-0.39, 0.29) is 5.69 Å². The number of hydrogen-bond acceptors (Lipinski definition) is 5. The highest BCUT2D eigenvalue weighted by atomic mass is 32.2. The largest absolute Gasteiger partial charge is 0.392 e. The van der Waals surface area contributed by atoms with Gasteiger partial charge < -0.3 is 10.6 Å². The van der Waals surface area contributed by atoms with Crippen molar-refractivity contribution in [1.29, 1.82) is 0 Å². The molecule has 1 aromatic rings. The summed E-state index contributed by atoms with van der Waals surface area (Å²) >= 11 is 1.54. The molecular weight excluding hydrogens is 214 g/mol. The molecule has 2 rings (SSSR count). The van der Waals surface area contributed by atoms with Crippen molar-refractivity contribution in [3.63, 3.8) is 0 Å². The first-order chi connectivity index (χ1) is 7.16. The molecule has 15 heavy (non-hydrogen) atoms. The molecule has 0 fully saturated rings. The fourth-order valence-corrected chi connectivity index (χ4v) is 2.00. The number of anilines is 1. The summed E-state index contributed by atoms with van der Waals surface area (Å²) in [5, 5.41) is 11.2. The standard InChI is InChI=1S/C9H9N3O2S/c10-9-5-11(6-15-9)7-1-3-8(4-2-7)12(13)14/h1-5H,6,10H2. The summed E-state index contributed by atoms with van der Waals surface area (Å²) in [5.74, 6) is 0.754. The SMILES string of the molecule is NC1=CN(c2ccc([N+](=O)[O-])cc2)CS1. The second-order valence-electron chi connectivity index (χ2n) is 3.05. The first-order valence-electron chi connectivity index (χ1n) is 4.28. The summed E-state index contributed by atoms with van der Waals surface area (Å²) in [7, 11) is 0. The Labute approximate surface area is 90.7 Å². The van der Waals surface area contributed by atoms with Crippen LogP contribution in [0.5, 0.6) is 0 Å². The van der Waals surface area contributed by atoms with Crippen LogP contribution in [-0.2, 0) is 0 Å². The van der Waals surface area contributed by atoms with Crippen molar-refractivity contribution < 1.29 is 4.92 Å². The van der Waals surface area contributed by atoms with Crippen molar-refractivity contribution in [2.75, 3.05) is 10.8 Å². The van der Waals surface area contributed by atoms with Gasteiger partial charge in [0.15, 0.2) is 0 Å². The van der Waals surface area contributed by atoms with Gasteiger partial charge in [0.05, 0.1) is 15.8 Å². The molecule has 0 bridgehead atoms. The molecule has 0 amide bonds. The molecule has 1 aromatic carbocycles. The third-order valence-electron chi connectivity index (χ3n) is 2.05. The van der Waals surface area contributed by atoms with E-state index in [0.29, 0.717) is 0 Å². The molecule has 5 nitrogen and oxygen atoms in total. The van der Waals surface area contributed by atoms with E-state index in [9.17, 15) is 10.1 Å². The first kappa shape index (κ1) is 9.85. The second kappa shape index (κ2) is 3.82. The summed E-state index contributed by atoms with van der Waals surface area (Å²) in [5.41, 5.74) is 6.63. The highest BCUT2D eigenvalue weighted by Crippen LogP contribution is 2.28. The normalized spacial score (nSPS) is 15.2. The molecule has 78 valence electrons. The lowest BCUT2D eigenvalue weighted by molar-refractivity contribution is -0.384. The average molecular weight is 223 g/mol. The predicted octanol–water partition coefficient (Wildman–Crippen LogP) is 1.86.